The highest BCUT2D eigenvalue weighted by atomic mass is 32.1. The van der Waals surface area contributed by atoms with Gasteiger partial charge in [-0.3, -0.25) is 4.79 Å². The quantitative estimate of drug-likeness (QED) is 0.495. The summed E-state index contributed by atoms with van der Waals surface area (Å²) >= 11 is 1.53. The zero-order valence-corrected chi connectivity index (χ0v) is 14.8. The molecular formula is C20H13N3O3S. The highest BCUT2D eigenvalue weighted by Gasteiger charge is 2.15. The average Bonchev–Trinajstić information content (AvgIpc) is 3.45. The number of carbonyl (C=O) groups is 1. The van der Waals surface area contributed by atoms with Crippen LogP contribution in [-0.2, 0) is 6.54 Å². The molecule has 3 heterocycles. The molecule has 0 saturated heterocycles. The maximum absolute atomic E-state index is 12.5. The number of hydrogen-bond acceptors (Lipinski definition) is 6. The molecule has 0 fully saturated rings. The summed E-state index contributed by atoms with van der Waals surface area (Å²) < 4.78 is 10.9. The molecule has 0 atom stereocenters. The lowest BCUT2D eigenvalue weighted by Gasteiger charge is -1.97. The summed E-state index contributed by atoms with van der Waals surface area (Å²) in [7, 11) is 0. The second-order valence-corrected chi connectivity index (χ2v) is 6.93. The van der Waals surface area contributed by atoms with Crippen molar-refractivity contribution in [1.29, 1.82) is 0 Å². The largest absolute Gasteiger partial charge is 0.451 e. The molecular weight excluding hydrogens is 362 g/mol. The van der Waals surface area contributed by atoms with Crippen LogP contribution in [0.1, 0.15) is 16.4 Å². The zero-order valence-electron chi connectivity index (χ0n) is 14.0. The number of thiophene rings is 1. The SMILES string of the molecule is O=C(NCc1nc(-c2cccs2)no1)c1cc2c(ccc3ccccc32)o1. The maximum Gasteiger partial charge on any atom is 0.287 e. The summed E-state index contributed by atoms with van der Waals surface area (Å²) in [5.74, 6) is 0.781. The van der Waals surface area contributed by atoms with Crippen LogP contribution >= 0.6 is 11.3 Å². The van der Waals surface area contributed by atoms with Crippen LogP contribution in [0.25, 0.3) is 32.4 Å². The monoisotopic (exact) mass is 375 g/mol. The van der Waals surface area contributed by atoms with Crippen LogP contribution in [0, 0.1) is 0 Å². The molecule has 0 saturated carbocycles. The molecule has 1 amide bonds. The minimum absolute atomic E-state index is 0.134. The van der Waals surface area contributed by atoms with E-state index in [1.54, 1.807) is 6.07 Å². The Hall–Kier alpha value is -3.45. The van der Waals surface area contributed by atoms with Gasteiger partial charge in [0.1, 0.15) is 5.58 Å². The van der Waals surface area contributed by atoms with E-state index in [-0.39, 0.29) is 18.2 Å². The van der Waals surface area contributed by atoms with Crippen molar-refractivity contribution in [3.63, 3.8) is 0 Å². The number of nitrogens with one attached hydrogen (secondary N) is 1. The fourth-order valence-corrected chi connectivity index (χ4v) is 3.63. The summed E-state index contributed by atoms with van der Waals surface area (Å²) in [4.78, 5) is 17.7. The molecule has 0 spiro atoms. The minimum atomic E-state index is -0.328. The van der Waals surface area contributed by atoms with Gasteiger partial charge in [-0.1, -0.05) is 41.6 Å². The van der Waals surface area contributed by atoms with E-state index in [0.717, 1.165) is 21.0 Å². The Bertz CT molecular complexity index is 1250. The number of hydrogen-bond donors (Lipinski definition) is 1. The molecule has 6 nitrogen and oxygen atoms in total. The van der Waals surface area contributed by atoms with Crippen LogP contribution in [0.15, 0.2) is 68.9 Å². The maximum atomic E-state index is 12.5. The summed E-state index contributed by atoms with van der Waals surface area (Å²) in [6.07, 6.45) is 0. The molecule has 0 unspecified atom stereocenters. The van der Waals surface area contributed by atoms with E-state index >= 15 is 0 Å². The first-order valence-electron chi connectivity index (χ1n) is 8.34. The van der Waals surface area contributed by atoms with Gasteiger partial charge in [-0.05, 0) is 34.4 Å². The van der Waals surface area contributed by atoms with Crippen LogP contribution in [0.3, 0.4) is 0 Å². The Morgan fingerprint density at radius 1 is 1.07 bits per heavy atom. The first-order valence-corrected chi connectivity index (χ1v) is 9.22. The van der Waals surface area contributed by atoms with Gasteiger partial charge in [0.2, 0.25) is 11.7 Å². The first kappa shape index (κ1) is 15.8. The van der Waals surface area contributed by atoms with Gasteiger partial charge in [-0.2, -0.15) is 4.98 Å². The fourth-order valence-electron chi connectivity index (χ4n) is 2.98. The van der Waals surface area contributed by atoms with E-state index in [9.17, 15) is 4.79 Å². The van der Waals surface area contributed by atoms with Crippen molar-refractivity contribution in [1.82, 2.24) is 15.5 Å². The number of fused-ring (bicyclic) bond motifs is 3. The molecule has 0 aliphatic carbocycles. The molecule has 0 aliphatic rings. The van der Waals surface area contributed by atoms with E-state index in [1.807, 2.05) is 53.9 Å². The smallest absolute Gasteiger partial charge is 0.287 e. The number of amides is 1. The van der Waals surface area contributed by atoms with Gasteiger partial charge in [0.15, 0.2) is 5.76 Å². The second-order valence-electron chi connectivity index (χ2n) is 5.98. The highest BCUT2D eigenvalue weighted by molar-refractivity contribution is 7.13. The van der Waals surface area contributed by atoms with E-state index in [1.165, 1.54) is 11.3 Å². The van der Waals surface area contributed by atoms with Gasteiger partial charge in [-0.15, -0.1) is 11.3 Å². The third-order valence-corrected chi connectivity index (χ3v) is 5.13. The number of furan rings is 1. The molecule has 2 aromatic carbocycles. The Kier molecular flexibility index (Phi) is 3.72. The lowest BCUT2D eigenvalue weighted by molar-refractivity contribution is 0.0920. The topological polar surface area (TPSA) is 81.2 Å². The van der Waals surface area contributed by atoms with E-state index in [2.05, 4.69) is 15.5 Å². The van der Waals surface area contributed by atoms with Gasteiger partial charge in [0, 0.05) is 5.39 Å². The Morgan fingerprint density at radius 2 is 2.00 bits per heavy atom. The van der Waals surface area contributed by atoms with Gasteiger partial charge < -0.3 is 14.3 Å². The Morgan fingerprint density at radius 3 is 2.89 bits per heavy atom. The minimum Gasteiger partial charge on any atom is -0.451 e. The van der Waals surface area contributed by atoms with Crippen LogP contribution < -0.4 is 5.32 Å². The molecule has 27 heavy (non-hydrogen) atoms. The third-order valence-electron chi connectivity index (χ3n) is 4.26. The summed E-state index contributed by atoms with van der Waals surface area (Å²) in [5.41, 5.74) is 0.677. The molecule has 7 heteroatoms. The van der Waals surface area contributed by atoms with Crippen molar-refractivity contribution in [3.8, 4) is 10.7 Å². The number of benzene rings is 2. The van der Waals surface area contributed by atoms with E-state index < -0.39 is 0 Å². The van der Waals surface area contributed by atoms with Crippen LogP contribution in [-0.4, -0.2) is 16.0 Å². The molecule has 5 aromatic rings. The molecule has 132 valence electrons. The lowest BCUT2D eigenvalue weighted by Crippen LogP contribution is -2.22. The predicted octanol–water partition coefficient (Wildman–Crippen LogP) is 4.63. The number of nitrogens with zero attached hydrogens (tertiary/aromatic N) is 2. The predicted molar refractivity (Wildman–Crippen MR) is 103 cm³/mol. The van der Waals surface area contributed by atoms with E-state index in [0.29, 0.717) is 17.3 Å². The Labute approximate surface area is 157 Å². The van der Waals surface area contributed by atoms with Crippen molar-refractivity contribution in [2.75, 3.05) is 0 Å². The fraction of sp³-hybridized carbons (Fsp3) is 0.0500. The van der Waals surface area contributed by atoms with Crippen molar-refractivity contribution in [2.45, 2.75) is 6.54 Å². The molecule has 3 aromatic heterocycles. The zero-order chi connectivity index (χ0) is 18.2. The van der Waals surface area contributed by atoms with Gasteiger partial charge in [0.25, 0.3) is 5.91 Å². The number of carbonyl (C=O) groups excluding carboxylic acids is 1. The first-order chi connectivity index (χ1) is 13.3. The average molecular weight is 375 g/mol. The van der Waals surface area contributed by atoms with Crippen molar-refractivity contribution >= 4 is 39.0 Å². The summed E-state index contributed by atoms with van der Waals surface area (Å²) in [6.45, 7) is 0.134. The number of rotatable bonds is 4. The van der Waals surface area contributed by atoms with E-state index in [4.69, 9.17) is 8.94 Å². The number of aromatic nitrogens is 2. The Balaban J connectivity index is 1.36. The summed E-state index contributed by atoms with van der Waals surface area (Å²) in [5, 5.41) is 11.7. The van der Waals surface area contributed by atoms with Gasteiger partial charge >= 0.3 is 0 Å². The van der Waals surface area contributed by atoms with Gasteiger partial charge in [-0.25, -0.2) is 0 Å². The van der Waals surface area contributed by atoms with Crippen LogP contribution in [0.5, 0.6) is 0 Å². The standard InChI is InChI=1S/C20H13N3O3S/c24-20(21-11-18-22-19(23-26-18)17-6-3-9-27-17)16-10-14-13-5-2-1-4-12(13)7-8-15(14)25-16/h1-10H,11H2,(H,21,24). The highest BCUT2D eigenvalue weighted by Crippen LogP contribution is 2.28. The molecule has 1 N–H and O–H groups in total. The second kappa shape index (κ2) is 6.37. The van der Waals surface area contributed by atoms with Gasteiger partial charge in [0.05, 0.1) is 11.4 Å². The molecule has 0 bridgehead atoms. The van der Waals surface area contributed by atoms with Crippen molar-refractivity contribution in [3.05, 3.63) is 71.6 Å². The van der Waals surface area contributed by atoms with Crippen molar-refractivity contribution < 1.29 is 13.7 Å². The lowest BCUT2D eigenvalue weighted by atomic mass is 10.1. The molecule has 0 radical (unpaired) electrons. The van der Waals surface area contributed by atoms with Crippen LogP contribution in [0.4, 0.5) is 0 Å². The summed E-state index contributed by atoms with van der Waals surface area (Å²) in [6, 6.07) is 17.4. The van der Waals surface area contributed by atoms with Crippen molar-refractivity contribution in [2.24, 2.45) is 0 Å². The molecule has 0 aliphatic heterocycles. The normalized spacial score (nSPS) is 11.3. The molecule has 5 rings (SSSR count). The third kappa shape index (κ3) is 2.88. The van der Waals surface area contributed by atoms with Crippen LogP contribution in [0.2, 0.25) is 0 Å².